The number of hydrogen-bond acceptors (Lipinski definition) is 4. The highest BCUT2D eigenvalue weighted by atomic mass is 35.5. The zero-order chi connectivity index (χ0) is 15.9. The Morgan fingerprint density at radius 1 is 1.35 bits per heavy atom. The third kappa shape index (κ3) is 3.21. The standard InChI is InChI=1S/C18H26ClNO2S/c1-13-11-18(17-15(4-9-22-18)10-16(19)23-17)5-6-20(13)12-14-2-7-21-8-3-14/h10,13-14H,2-9,11-12H2,1H3/t13-,18?/m0/s1. The molecule has 4 rings (SSSR count). The van der Waals surface area contributed by atoms with Crippen LogP contribution in [0, 0.1) is 5.92 Å². The fraction of sp³-hybridized carbons (Fsp3) is 0.778. The number of ether oxygens (including phenoxy) is 2. The Hall–Kier alpha value is -0.130. The maximum atomic E-state index is 6.36. The lowest BCUT2D eigenvalue weighted by Crippen LogP contribution is -2.51. The lowest BCUT2D eigenvalue weighted by atomic mass is 9.81. The van der Waals surface area contributed by atoms with Crippen LogP contribution in [0.2, 0.25) is 4.34 Å². The predicted octanol–water partition coefficient (Wildman–Crippen LogP) is 4.08. The number of nitrogens with zero attached hydrogens (tertiary/aromatic N) is 1. The van der Waals surface area contributed by atoms with Crippen molar-refractivity contribution in [1.29, 1.82) is 0 Å². The largest absolute Gasteiger partial charge is 0.381 e. The van der Waals surface area contributed by atoms with Crippen molar-refractivity contribution in [2.45, 2.75) is 50.7 Å². The minimum absolute atomic E-state index is 0.0724. The van der Waals surface area contributed by atoms with E-state index in [1.165, 1.54) is 29.8 Å². The molecule has 1 aromatic rings. The first-order valence-corrected chi connectivity index (χ1v) is 10.1. The number of halogens is 1. The fourth-order valence-electron chi connectivity index (χ4n) is 4.51. The van der Waals surface area contributed by atoms with Crippen LogP contribution < -0.4 is 0 Å². The zero-order valence-electron chi connectivity index (χ0n) is 13.9. The highest BCUT2D eigenvalue weighted by Crippen LogP contribution is 2.48. The minimum Gasteiger partial charge on any atom is -0.381 e. The van der Waals surface area contributed by atoms with Crippen molar-refractivity contribution < 1.29 is 9.47 Å². The maximum absolute atomic E-state index is 6.36. The number of likely N-dealkylation sites (tertiary alicyclic amines) is 1. The molecule has 128 valence electrons. The van der Waals surface area contributed by atoms with Gasteiger partial charge in [-0.25, -0.2) is 0 Å². The van der Waals surface area contributed by atoms with Crippen molar-refractivity contribution >= 4 is 22.9 Å². The maximum Gasteiger partial charge on any atom is 0.105 e. The van der Waals surface area contributed by atoms with Gasteiger partial charge in [-0.1, -0.05) is 11.6 Å². The van der Waals surface area contributed by atoms with Crippen LogP contribution in [-0.2, 0) is 21.5 Å². The van der Waals surface area contributed by atoms with Crippen molar-refractivity contribution in [2.75, 3.05) is 32.9 Å². The summed E-state index contributed by atoms with van der Waals surface area (Å²) in [6.07, 6.45) is 5.65. The van der Waals surface area contributed by atoms with Gasteiger partial charge in [0, 0.05) is 37.2 Å². The molecular formula is C18H26ClNO2S. The summed E-state index contributed by atoms with van der Waals surface area (Å²) in [5.74, 6) is 0.805. The summed E-state index contributed by atoms with van der Waals surface area (Å²) in [6, 6.07) is 2.73. The molecule has 0 amide bonds. The van der Waals surface area contributed by atoms with Crippen LogP contribution in [-0.4, -0.2) is 43.9 Å². The van der Waals surface area contributed by atoms with Crippen molar-refractivity contribution in [3.05, 3.63) is 20.8 Å². The molecule has 3 aliphatic rings. The molecule has 0 N–H and O–H groups in total. The fourth-order valence-corrected chi connectivity index (χ4v) is 5.99. The number of hydrogen-bond donors (Lipinski definition) is 0. The summed E-state index contributed by atoms with van der Waals surface area (Å²) in [6.45, 7) is 7.44. The first-order chi connectivity index (χ1) is 11.2. The van der Waals surface area contributed by atoms with E-state index in [4.69, 9.17) is 21.1 Å². The van der Waals surface area contributed by atoms with Gasteiger partial charge < -0.3 is 14.4 Å². The van der Waals surface area contributed by atoms with E-state index in [-0.39, 0.29) is 5.60 Å². The van der Waals surface area contributed by atoms with E-state index in [2.05, 4.69) is 17.9 Å². The van der Waals surface area contributed by atoms with Crippen molar-refractivity contribution in [1.82, 2.24) is 4.90 Å². The SMILES string of the molecule is C[C@H]1CC2(CCN1CC1CCOCC1)OCCc1cc(Cl)sc12. The molecule has 2 saturated heterocycles. The molecule has 3 aliphatic heterocycles. The molecule has 3 nitrogen and oxygen atoms in total. The highest BCUT2D eigenvalue weighted by molar-refractivity contribution is 7.16. The first-order valence-electron chi connectivity index (χ1n) is 8.91. The minimum atomic E-state index is -0.0724. The van der Waals surface area contributed by atoms with Gasteiger partial charge in [-0.2, -0.15) is 0 Å². The summed E-state index contributed by atoms with van der Waals surface area (Å²) in [5.41, 5.74) is 1.35. The Bertz CT molecular complexity index is 557. The van der Waals surface area contributed by atoms with Crippen LogP contribution >= 0.6 is 22.9 Å². The molecule has 0 aromatic carbocycles. The number of piperidine rings is 1. The van der Waals surface area contributed by atoms with E-state index in [1.807, 2.05) is 0 Å². The van der Waals surface area contributed by atoms with Gasteiger partial charge in [-0.3, -0.25) is 0 Å². The van der Waals surface area contributed by atoms with Crippen LogP contribution in [0.25, 0.3) is 0 Å². The predicted molar refractivity (Wildman–Crippen MR) is 94.5 cm³/mol. The molecule has 1 aromatic heterocycles. The van der Waals surface area contributed by atoms with E-state index < -0.39 is 0 Å². The molecule has 23 heavy (non-hydrogen) atoms. The van der Waals surface area contributed by atoms with Gasteiger partial charge in [-0.05, 0) is 56.6 Å². The van der Waals surface area contributed by atoms with Crippen molar-refractivity contribution in [3.8, 4) is 0 Å². The summed E-state index contributed by atoms with van der Waals surface area (Å²) < 4.78 is 12.8. The van der Waals surface area contributed by atoms with Gasteiger partial charge in [0.05, 0.1) is 10.9 Å². The molecule has 1 unspecified atom stereocenters. The smallest absolute Gasteiger partial charge is 0.105 e. The molecule has 0 saturated carbocycles. The quantitative estimate of drug-likeness (QED) is 0.797. The second-order valence-electron chi connectivity index (χ2n) is 7.35. The lowest BCUT2D eigenvalue weighted by molar-refractivity contribution is -0.112. The zero-order valence-corrected chi connectivity index (χ0v) is 15.4. The van der Waals surface area contributed by atoms with E-state index >= 15 is 0 Å². The van der Waals surface area contributed by atoms with Gasteiger partial charge in [0.1, 0.15) is 5.60 Å². The average Bonchev–Trinajstić information content (AvgIpc) is 2.94. The molecule has 1 spiro atoms. The second kappa shape index (κ2) is 6.64. The number of thiophene rings is 1. The molecule has 0 radical (unpaired) electrons. The molecule has 2 atom stereocenters. The molecule has 4 heterocycles. The monoisotopic (exact) mass is 355 g/mol. The first kappa shape index (κ1) is 16.3. The number of fused-ring (bicyclic) bond motifs is 2. The van der Waals surface area contributed by atoms with Crippen LogP contribution in [0.5, 0.6) is 0 Å². The molecule has 5 heteroatoms. The van der Waals surface area contributed by atoms with Crippen molar-refractivity contribution in [2.24, 2.45) is 5.92 Å². The van der Waals surface area contributed by atoms with Crippen LogP contribution in [0.1, 0.15) is 43.0 Å². The average molecular weight is 356 g/mol. The third-order valence-electron chi connectivity index (χ3n) is 5.83. The number of rotatable bonds is 2. The molecule has 2 fully saturated rings. The normalized spacial score (nSPS) is 33.0. The summed E-state index contributed by atoms with van der Waals surface area (Å²) in [4.78, 5) is 4.08. The van der Waals surface area contributed by atoms with Crippen LogP contribution in [0.4, 0.5) is 0 Å². The topological polar surface area (TPSA) is 21.7 Å². The van der Waals surface area contributed by atoms with E-state index in [0.717, 1.165) is 55.9 Å². The summed E-state index contributed by atoms with van der Waals surface area (Å²) in [5, 5.41) is 0. The van der Waals surface area contributed by atoms with Gasteiger partial charge in [0.2, 0.25) is 0 Å². The summed E-state index contributed by atoms with van der Waals surface area (Å²) >= 11 is 8.03. The molecular weight excluding hydrogens is 330 g/mol. The summed E-state index contributed by atoms with van der Waals surface area (Å²) in [7, 11) is 0. The Balaban J connectivity index is 1.46. The molecule has 0 aliphatic carbocycles. The van der Waals surface area contributed by atoms with Gasteiger partial charge >= 0.3 is 0 Å². The second-order valence-corrected chi connectivity index (χ2v) is 9.03. The third-order valence-corrected chi connectivity index (χ3v) is 7.32. The Morgan fingerprint density at radius 3 is 2.96 bits per heavy atom. The highest BCUT2D eigenvalue weighted by Gasteiger charge is 2.45. The van der Waals surface area contributed by atoms with E-state index in [9.17, 15) is 0 Å². The van der Waals surface area contributed by atoms with E-state index in [1.54, 1.807) is 11.3 Å². The Kier molecular flexibility index (Phi) is 4.72. The van der Waals surface area contributed by atoms with Gasteiger partial charge in [0.25, 0.3) is 0 Å². The van der Waals surface area contributed by atoms with Crippen LogP contribution in [0.15, 0.2) is 6.07 Å². The Labute approximate surface area is 147 Å². The van der Waals surface area contributed by atoms with Crippen LogP contribution in [0.3, 0.4) is 0 Å². The van der Waals surface area contributed by atoms with Gasteiger partial charge in [0.15, 0.2) is 0 Å². The van der Waals surface area contributed by atoms with Crippen molar-refractivity contribution in [3.63, 3.8) is 0 Å². The van der Waals surface area contributed by atoms with Gasteiger partial charge in [-0.15, -0.1) is 11.3 Å². The lowest BCUT2D eigenvalue weighted by Gasteiger charge is -2.48. The molecule has 0 bridgehead atoms. The van der Waals surface area contributed by atoms with E-state index in [0.29, 0.717) is 6.04 Å². The Morgan fingerprint density at radius 2 is 2.17 bits per heavy atom.